The summed E-state index contributed by atoms with van der Waals surface area (Å²) in [6, 6.07) is 25.3. The van der Waals surface area contributed by atoms with Gasteiger partial charge in [-0.3, -0.25) is 0 Å². The van der Waals surface area contributed by atoms with Crippen molar-refractivity contribution in [1.82, 2.24) is 9.80 Å². The maximum absolute atomic E-state index is 2.74. The molecular formula is C62H100N2P2. The number of hydrogen-bond donors (Lipinski definition) is 0. The van der Waals surface area contributed by atoms with E-state index in [-0.39, 0.29) is 15.8 Å². The van der Waals surface area contributed by atoms with E-state index >= 15 is 0 Å². The lowest BCUT2D eigenvalue weighted by molar-refractivity contribution is 0.120. The van der Waals surface area contributed by atoms with Gasteiger partial charge in [0.1, 0.15) is 0 Å². The minimum Gasteiger partial charge on any atom is -0.302 e. The SMILES string of the molecule is CN(C)[C@H](c1ccccc1)[C@@H]1C(C2CCCCCC(C3(P(C4CCCCC4)C4CCCCC4)CCC[C@@H]3[C@@H](c3ccccc3)N(C)C)CCC2)CCC1P(C1CCCCC1)C1CCCCC1. The Bertz CT molecular complexity index is 1640. The van der Waals surface area contributed by atoms with Crippen molar-refractivity contribution < 1.29 is 0 Å². The molecule has 0 heterocycles. The maximum Gasteiger partial charge on any atom is 0.0379 e. The highest BCUT2D eigenvalue weighted by Crippen LogP contribution is 2.75. The van der Waals surface area contributed by atoms with Gasteiger partial charge in [-0.2, -0.15) is 0 Å². The summed E-state index contributed by atoms with van der Waals surface area (Å²) in [5, 5.41) is 0.541. The third kappa shape index (κ3) is 11.3. The summed E-state index contributed by atoms with van der Waals surface area (Å²) < 4.78 is 0. The molecule has 0 radical (unpaired) electrons. The zero-order valence-electron chi connectivity index (χ0n) is 43.3. The topological polar surface area (TPSA) is 6.48 Å². The van der Waals surface area contributed by atoms with Gasteiger partial charge in [0.15, 0.2) is 0 Å². The summed E-state index contributed by atoms with van der Waals surface area (Å²) in [5.41, 5.74) is 8.37. The minimum atomic E-state index is -0.0533. The van der Waals surface area contributed by atoms with Crippen molar-refractivity contribution in [3.8, 4) is 0 Å². The summed E-state index contributed by atoms with van der Waals surface area (Å²) in [7, 11) is 9.89. The number of hydrogen-bond acceptors (Lipinski definition) is 2. The molecule has 0 saturated heterocycles. The monoisotopic (exact) mass is 935 g/mol. The van der Waals surface area contributed by atoms with Crippen LogP contribution in [0.5, 0.6) is 0 Å². The molecule has 0 amide bonds. The third-order valence-electron chi connectivity index (χ3n) is 20.5. The van der Waals surface area contributed by atoms with Crippen LogP contribution >= 0.6 is 15.8 Å². The average molecular weight is 935 g/mol. The Morgan fingerprint density at radius 2 is 0.864 bits per heavy atom. The molecule has 0 aromatic heterocycles. The molecule has 7 aliphatic carbocycles. The van der Waals surface area contributed by atoms with Gasteiger partial charge in [-0.25, -0.2) is 0 Å². The average Bonchev–Trinajstić information content (AvgIpc) is 3.98. The molecule has 7 aliphatic rings. The molecule has 368 valence electrons. The van der Waals surface area contributed by atoms with Crippen molar-refractivity contribution in [2.24, 2.45) is 29.6 Å². The Hall–Kier alpha value is -0.780. The van der Waals surface area contributed by atoms with Crippen molar-refractivity contribution in [3.63, 3.8) is 0 Å². The molecule has 9 rings (SSSR count). The summed E-state index contributed by atoms with van der Waals surface area (Å²) in [6.07, 6.45) is 50.3. The first-order valence-electron chi connectivity index (χ1n) is 29.4. The summed E-state index contributed by atoms with van der Waals surface area (Å²) in [5.74, 6) is 4.35. The summed E-state index contributed by atoms with van der Waals surface area (Å²) in [6.45, 7) is 0. The fourth-order valence-corrected chi connectivity index (χ4v) is 28.4. The molecule has 7 fully saturated rings. The maximum atomic E-state index is 2.74. The Labute approximate surface area is 410 Å². The van der Waals surface area contributed by atoms with Gasteiger partial charge in [-0.05, 0) is 192 Å². The van der Waals surface area contributed by atoms with Crippen LogP contribution in [0.1, 0.15) is 235 Å². The van der Waals surface area contributed by atoms with E-state index in [0.717, 1.165) is 57.9 Å². The highest BCUT2D eigenvalue weighted by Gasteiger charge is 2.59. The molecule has 7 saturated carbocycles. The van der Waals surface area contributed by atoms with Crippen molar-refractivity contribution in [1.29, 1.82) is 0 Å². The van der Waals surface area contributed by atoms with Gasteiger partial charge in [0, 0.05) is 12.1 Å². The van der Waals surface area contributed by atoms with Gasteiger partial charge in [0.25, 0.3) is 0 Å². The van der Waals surface area contributed by atoms with E-state index < -0.39 is 0 Å². The van der Waals surface area contributed by atoms with E-state index in [9.17, 15) is 0 Å². The Morgan fingerprint density at radius 3 is 1.38 bits per heavy atom. The second-order valence-electron chi connectivity index (χ2n) is 24.6. The van der Waals surface area contributed by atoms with Crippen LogP contribution in [0, 0.1) is 29.6 Å². The first-order valence-corrected chi connectivity index (χ1v) is 32.5. The molecule has 2 nitrogen and oxygen atoms in total. The van der Waals surface area contributed by atoms with E-state index in [1.165, 1.54) is 148 Å². The van der Waals surface area contributed by atoms with Crippen LogP contribution in [-0.2, 0) is 0 Å². The fourth-order valence-electron chi connectivity index (χ4n) is 18.1. The molecular weight excluding hydrogens is 835 g/mol. The van der Waals surface area contributed by atoms with Crippen LogP contribution in [0.15, 0.2) is 60.7 Å². The zero-order chi connectivity index (χ0) is 45.3. The molecule has 66 heavy (non-hydrogen) atoms. The Morgan fingerprint density at radius 1 is 0.424 bits per heavy atom. The normalized spacial score (nSPS) is 33.2. The van der Waals surface area contributed by atoms with E-state index in [4.69, 9.17) is 0 Å². The third-order valence-corrected chi connectivity index (χ3v) is 29.0. The molecule has 0 spiro atoms. The van der Waals surface area contributed by atoms with E-state index in [1.54, 1.807) is 75.3 Å². The molecule has 0 N–H and O–H groups in total. The second kappa shape index (κ2) is 24.6. The number of benzene rings is 2. The molecule has 0 bridgehead atoms. The van der Waals surface area contributed by atoms with Gasteiger partial charge in [-0.1, -0.05) is 199 Å². The van der Waals surface area contributed by atoms with Gasteiger partial charge in [0.2, 0.25) is 0 Å². The first-order chi connectivity index (χ1) is 32.5. The summed E-state index contributed by atoms with van der Waals surface area (Å²) in [4.78, 5) is 5.47. The molecule has 2 aromatic rings. The second-order valence-corrected chi connectivity index (χ2v) is 30.7. The predicted molar refractivity (Wildman–Crippen MR) is 291 cm³/mol. The van der Waals surface area contributed by atoms with Crippen LogP contribution in [0.2, 0.25) is 0 Å². The van der Waals surface area contributed by atoms with Crippen LogP contribution in [0.3, 0.4) is 0 Å². The fraction of sp³-hybridized carbons (Fsp3) is 0.806. The highest BCUT2D eigenvalue weighted by atomic mass is 31.1. The largest absolute Gasteiger partial charge is 0.302 e. The van der Waals surface area contributed by atoms with E-state index in [1.807, 2.05) is 0 Å². The number of rotatable bonds is 14. The van der Waals surface area contributed by atoms with Gasteiger partial charge >= 0.3 is 0 Å². The quantitative estimate of drug-likeness (QED) is 0.174. The molecule has 0 aliphatic heterocycles. The zero-order valence-corrected chi connectivity index (χ0v) is 45.1. The molecule has 9 atom stereocenters. The molecule has 5 unspecified atom stereocenters. The van der Waals surface area contributed by atoms with E-state index in [2.05, 4.69) is 98.7 Å². The lowest BCUT2D eigenvalue weighted by Gasteiger charge is -2.58. The predicted octanol–water partition coefficient (Wildman–Crippen LogP) is 18.2. The van der Waals surface area contributed by atoms with Gasteiger partial charge in [0.05, 0.1) is 0 Å². The smallest absolute Gasteiger partial charge is 0.0379 e. The van der Waals surface area contributed by atoms with Crippen LogP contribution < -0.4 is 0 Å². The van der Waals surface area contributed by atoms with Crippen molar-refractivity contribution >= 4 is 15.8 Å². The highest BCUT2D eigenvalue weighted by molar-refractivity contribution is 7.61. The standard InChI is InChI=1S/C62H100N2P2/c1-63(2)60(49-29-13-5-14-30-49)57-44-27-47-62(57,66(54-40-22-10-23-41-54)55-42-24-11-25-43-55)51-34-17-7-12-28-48(33-26-35-51)56-45-46-58(59(56)61(64(3)4)50-31-15-6-16-32-50)65(52-36-18-8-19-37-52)53-38-20-9-21-39-53/h5-6,13-16,29-32,48,51-61H,7-12,17-28,33-47H2,1-4H3/t48?,51?,56?,57-,58?,59-,60-,61-,62?/m1/s1. The summed E-state index contributed by atoms with van der Waals surface area (Å²) >= 11 is 0. The van der Waals surface area contributed by atoms with Crippen LogP contribution in [0.25, 0.3) is 0 Å². The van der Waals surface area contributed by atoms with Crippen molar-refractivity contribution in [2.45, 2.75) is 257 Å². The van der Waals surface area contributed by atoms with Gasteiger partial charge < -0.3 is 9.80 Å². The van der Waals surface area contributed by atoms with Gasteiger partial charge in [-0.15, -0.1) is 0 Å². The minimum absolute atomic E-state index is 0.0403. The lowest BCUT2D eigenvalue weighted by atomic mass is 9.70. The molecule has 2 aromatic carbocycles. The lowest BCUT2D eigenvalue weighted by Crippen LogP contribution is -2.49. The van der Waals surface area contributed by atoms with Crippen LogP contribution in [0.4, 0.5) is 0 Å². The molecule has 4 heteroatoms. The van der Waals surface area contributed by atoms with E-state index in [0.29, 0.717) is 17.2 Å². The van der Waals surface area contributed by atoms with Crippen LogP contribution in [-0.4, -0.2) is 71.4 Å². The first kappa shape index (κ1) is 50.2. The Balaban J connectivity index is 1.06. The van der Waals surface area contributed by atoms with Crippen molar-refractivity contribution in [3.05, 3.63) is 71.8 Å². The Kier molecular flexibility index (Phi) is 18.7. The van der Waals surface area contributed by atoms with Crippen molar-refractivity contribution in [2.75, 3.05) is 28.2 Å². The number of nitrogens with zero attached hydrogens (tertiary/aromatic N) is 2.